The van der Waals surface area contributed by atoms with Gasteiger partial charge in [-0.15, -0.1) is 0 Å². The third kappa shape index (κ3) is 4.77. The molecule has 1 aromatic carbocycles. The van der Waals surface area contributed by atoms with Gasteiger partial charge in [-0.25, -0.2) is 0 Å². The lowest BCUT2D eigenvalue weighted by Crippen LogP contribution is -2.45. The third-order valence-corrected chi connectivity index (χ3v) is 2.36. The van der Waals surface area contributed by atoms with E-state index in [1.807, 2.05) is 45.0 Å². The Balaban J connectivity index is 2.67. The van der Waals surface area contributed by atoms with Gasteiger partial charge in [0.2, 0.25) is 0 Å². The first-order valence-electron chi connectivity index (χ1n) is 5.38. The Kier molecular flexibility index (Phi) is 4.51. The van der Waals surface area contributed by atoms with Gasteiger partial charge in [0.1, 0.15) is 6.29 Å². The second-order valence-corrected chi connectivity index (χ2v) is 5.41. The summed E-state index contributed by atoms with van der Waals surface area (Å²) in [6.07, 6.45) is 1.62. The highest BCUT2D eigenvalue weighted by Crippen LogP contribution is 2.13. The maximum absolute atomic E-state index is 11.0. The van der Waals surface area contributed by atoms with E-state index in [1.165, 1.54) is 0 Å². The number of hydrogen-bond acceptors (Lipinski definition) is 2. The Hall–Kier alpha value is -0.860. The van der Waals surface area contributed by atoms with Crippen LogP contribution >= 0.6 is 11.6 Å². The highest BCUT2D eigenvalue weighted by Gasteiger charge is 2.16. The van der Waals surface area contributed by atoms with Crippen molar-refractivity contribution in [2.75, 3.05) is 0 Å². The molecule has 1 rings (SSSR count). The van der Waals surface area contributed by atoms with E-state index in [-0.39, 0.29) is 11.6 Å². The van der Waals surface area contributed by atoms with Crippen LogP contribution in [0.2, 0.25) is 5.02 Å². The lowest BCUT2D eigenvalue weighted by Gasteiger charge is -2.25. The first-order chi connectivity index (χ1) is 7.40. The molecule has 0 saturated carbocycles. The van der Waals surface area contributed by atoms with Crippen LogP contribution in [0.15, 0.2) is 24.3 Å². The summed E-state index contributed by atoms with van der Waals surface area (Å²) in [6.45, 7) is 6.13. The number of benzene rings is 1. The molecular weight excluding hydrogens is 222 g/mol. The van der Waals surface area contributed by atoms with Crippen molar-refractivity contribution in [1.29, 1.82) is 0 Å². The SMILES string of the molecule is CC(C)(C)NC(C=O)Cc1cccc(Cl)c1. The standard InChI is InChI=1S/C13H18ClNO/c1-13(2,3)15-12(9-16)8-10-5-4-6-11(14)7-10/h4-7,9,12,15H,8H2,1-3H3. The van der Waals surface area contributed by atoms with Crippen molar-refractivity contribution in [2.45, 2.75) is 38.8 Å². The van der Waals surface area contributed by atoms with Gasteiger partial charge < -0.3 is 10.1 Å². The molecule has 1 aromatic rings. The number of rotatable bonds is 4. The first-order valence-corrected chi connectivity index (χ1v) is 5.76. The molecule has 2 nitrogen and oxygen atoms in total. The molecule has 0 amide bonds. The topological polar surface area (TPSA) is 29.1 Å². The van der Waals surface area contributed by atoms with Crippen molar-refractivity contribution in [3.8, 4) is 0 Å². The van der Waals surface area contributed by atoms with Gasteiger partial charge >= 0.3 is 0 Å². The molecule has 0 aliphatic carbocycles. The Morgan fingerprint density at radius 2 is 2.12 bits per heavy atom. The largest absolute Gasteiger partial charge is 0.303 e. The normalized spacial score (nSPS) is 13.5. The van der Waals surface area contributed by atoms with E-state index in [4.69, 9.17) is 11.6 Å². The minimum absolute atomic E-state index is 0.0653. The Bertz CT molecular complexity index is 357. The Morgan fingerprint density at radius 1 is 1.44 bits per heavy atom. The van der Waals surface area contributed by atoms with Crippen molar-refractivity contribution < 1.29 is 4.79 Å². The minimum Gasteiger partial charge on any atom is -0.303 e. The van der Waals surface area contributed by atoms with Gasteiger partial charge in [-0.3, -0.25) is 0 Å². The molecule has 0 saturated heterocycles. The molecule has 0 heterocycles. The fourth-order valence-electron chi connectivity index (χ4n) is 1.61. The lowest BCUT2D eigenvalue weighted by atomic mass is 10.0. The smallest absolute Gasteiger partial charge is 0.137 e. The van der Waals surface area contributed by atoms with E-state index in [1.54, 1.807) is 0 Å². The predicted molar refractivity (Wildman–Crippen MR) is 67.9 cm³/mol. The summed E-state index contributed by atoms with van der Waals surface area (Å²) in [5.74, 6) is 0. The molecule has 0 fully saturated rings. The summed E-state index contributed by atoms with van der Waals surface area (Å²) in [5.41, 5.74) is 1.01. The number of hydrogen-bond donors (Lipinski definition) is 1. The predicted octanol–water partition coefficient (Wildman–Crippen LogP) is 2.84. The number of nitrogens with one attached hydrogen (secondary N) is 1. The quantitative estimate of drug-likeness (QED) is 0.819. The summed E-state index contributed by atoms with van der Waals surface area (Å²) < 4.78 is 0. The van der Waals surface area contributed by atoms with E-state index >= 15 is 0 Å². The lowest BCUT2D eigenvalue weighted by molar-refractivity contribution is -0.110. The van der Waals surface area contributed by atoms with Gasteiger partial charge in [0.15, 0.2) is 0 Å². The number of carbonyl (C=O) groups is 1. The Labute approximate surface area is 102 Å². The van der Waals surface area contributed by atoms with Crippen LogP contribution in [0, 0.1) is 0 Å². The average molecular weight is 240 g/mol. The number of aldehydes is 1. The molecule has 0 spiro atoms. The minimum atomic E-state index is -0.168. The fraction of sp³-hybridized carbons (Fsp3) is 0.462. The van der Waals surface area contributed by atoms with Crippen LogP contribution in [-0.4, -0.2) is 17.9 Å². The zero-order valence-electron chi connectivity index (χ0n) is 9.96. The molecule has 0 aliphatic heterocycles. The van der Waals surface area contributed by atoms with Gasteiger partial charge in [-0.1, -0.05) is 23.7 Å². The van der Waals surface area contributed by atoms with Crippen LogP contribution in [0.3, 0.4) is 0 Å². The van der Waals surface area contributed by atoms with Crippen LogP contribution in [0.1, 0.15) is 26.3 Å². The maximum Gasteiger partial charge on any atom is 0.137 e. The van der Waals surface area contributed by atoms with Crippen LogP contribution in [0.25, 0.3) is 0 Å². The van der Waals surface area contributed by atoms with Gasteiger partial charge in [0.25, 0.3) is 0 Å². The van der Waals surface area contributed by atoms with Crippen LogP contribution < -0.4 is 5.32 Å². The van der Waals surface area contributed by atoms with Gasteiger partial charge in [-0.05, 0) is 44.9 Å². The van der Waals surface area contributed by atoms with Gasteiger partial charge in [-0.2, -0.15) is 0 Å². The molecule has 16 heavy (non-hydrogen) atoms. The van der Waals surface area contributed by atoms with E-state index in [0.29, 0.717) is 11.4 Å². The molecule has 1 unspecified atom stereocenters. The van der Waals surface area contributed by atoms with E-state index in [2.05, 4.69) is 5.32 Å². The molecule has 0 aromatic heterocycles. The summed E-state index contributed by atoms with van der Waals surface area (Å²) >= 11 is 5.90. The van der Waals surface area contributed by atoms with Crippen LogP contribution in [0.5, 0.6) is 0 Å². The van der Waals surface area contributed by atoms with Gasteiger partial charge in [0, 0.05) is 10.6 Å². The molecule has 0 radical (unpaired) electrons. The molecule has 0 bridgehead atoms. The Morgan fingerprint density at radius 3 is 2.62 bits per heavy atom. The number of carbonyl (C=O) groups excluding carboxylic acids is 1. The van der Waals surface area contributed by atoms with Crippen molar-refractivity contribution in [3.63, 3.8) is 0 Å². The van der Waals surface area contributed by atoms with Crippen molar-refractivity contribution in [2.24, 2.45) is 0 Å². The molecule has 1 atom stereocenters. The zero-order chi connectivity index (χ0) is 12.2. The van der Waals surface area contributed by atoms with Gasteiger partial charge in [0.05, 0.1) is 6.04 Å². The summed E-state index contributed by atoms with van der Waals surface area (Å²) in [5, 5.41) is 3.97. The van der Waals surface area contributed by atoms with E-state index in [9.17, 15) is 4.79 Å². The summed E-state index contributed by atoms with van der Waals surface area (Å²) in [6, 6.07) is 7.43. The fourth-order valence-corrected chi connectivity index (χ4v) is 1.82. The highest BCUT2D eigenvalue weighted by molar-refractivity contribution is 6.30. The molecule has 1 N–H and O–H groups in total. The van der Waals surface area contributed by atoms with Crippen LogP contribution in [0.4, 0.5) is 0 Å². The first kappa shape index (κ1) is 13.2. The third-order valence-electron chi connectivity index (χ3n) is 2.13. The maximum atomic E-state index is 11.0. The van der Waals surface area contributed by atoms with Crippen molar-refractivity contribution in [1.82, 2.24) is 5.32 Å². The second-order valence-electron chi connectivity index (χ2n) is 4.97. The van der Waals surface area contributed by atoms with Crippen molar-refractivity contribution in [3.05, 3.63) is 34.9 Å². The molecule has 88 valence electrons. The van der Waals surface area contributed by atoms with Crippen LogP contribution in [-0.2, 0) is 11.2 Å². The average Bonchev–Trinajstić information content (AvgIpc) is 2.14. The molecule has 3 heteroatoms. The zero-order valence-corrected chi connectivity index (χ0v) is 10.7. The molecule has 0 aliphatic rings. The van der Waals surface area contributed by atoms with E-state index < -0.39 is 0 Å². The summed E-state index contributed by atoms with van der Waals surface area (Å²) in [7, 11) is 0. The summed E-state index contributed by atoms with van der Waals surface area (Å²) in [4.78, 5) is 11.0. The number of halogens is 1. The second kappa shape index (κ2) is 5.46. The highest BCUT2D eigenvalue weighted by atomic mass is 35.5. The van der Waals surface area contributed by atoms with Crippen molar-refractivity contribution >= 4 is 17.9 Å². The monoisotopic (exact) mass is 239 g/mol. The molecular formula is C13H18ClNO. The van der Waals surface area contributed by atoms with E-state index in [0.717, 1.165) is 11.8 Å².